The molecule has 1 atom stereocenters. The molecule has 0 aliphatic rings. The van der Waals surface area contributed by atoms with Gasteiger partial charge in [-0.25, -0.2) is 0 Å². The average molecular weight is 271 g/mol. The zero-order chi connectivity index (χ0) is 13.0. The molecule has 0 aromatic heterocycles. The van der Waals surface area contributed by atoms with Gasteiger partial charge in [0, 0.05) is 17.8 Å². The Bertz CT molecular complexity index is 404. The molecule has 4 heteroatoms. The van der Waals surface area contributed by atoms with E-state index in [0.29, 0.717) is 21.8 Å². The van der Waals surface area contributed by atoms with E-state index in [9.17, 15) is 0 Å². The molecular formula is C13H19ClN2S. The smallest absolute Gasteiger partial charge is 0.105 e. The number of anilines is 1. The van der Waals surface area contributed by atoms with Gasteiger partial charge in [-0.15, -0.1) is 0 Å². The first-order valence-electron chi connectivity index (χ1n) is 5.75. The fourth-order valence-electron chi connectivity index (χ4n) is 1.34. The van der Waals surface area contributed by atoms with E-state index in [0.717, 1.165) is 17.8 Å². The standard InChI is InChI=1S/C13H19ClN2S/c1-8(2)9(3)7-16-10-4-5-11(13(15)17)12(14)6-10/h4-6,8-9,16H,7H2,1-3H3,(H2,15,17). The van der Waals surface area contributed by atoms with Crippen LogP contribution in [0.3, 0.4) is 0 Å². The quantitative estimate of drug-likeness (QED) is 0.802. The Kier molecular flexibility index (Phi) is 5.22. The van der Waals surface area contributed by atoms with Crippen LogP contribution in [0.15, 0.2) is 18.2 Å². The Morgan fingerprint density at radius 3 is 2.53 bits per heavy atom. The molecule has 1 unspecified atom stereocenters. The number of hydrogen-bond donors (Lipinski definition) is 2. The van der Waals surface area contributed by atoms with Crippen molar-refractivity contribution in [1.29, 1.82) is 0 Å². The monoisotopic (exact) mass is 270 g/mol. The number of nitrogens with one attached hydrogen (secondary N) is 1. The Labute approximate surface area is 114 Å². The van der Waals surface area contributed by atoms with Crippen molar-refractivity contribution in [3.63, 3.8) is 0 Å². The fraction of sp³-hybridized carbons (Fsp3) is 0.462. The largest absolute Gasteiger partial charge is 0.389 e. The lowest BCUT2D eigenvalue weighted by molar-refractivity contribution is 0.440. The summed E-state index contributed by atoms with van der Waals surface area (Å²) in [5.41, 5.74) is 7.28. The molecule has 3 N–H and O–H groups in total. The van der Waals surface area contributed by atoms with Crippen molar-refractivity contribution in [2.45, 2.75) is 20.8 Å². The Hall–Kier alpha value is -0.800. The van der Waals surface area contributed by atoms with E-state index in [-0.39, 0.29) is 0 Å². The predicted octanol–water partition coefficient (Wildman–Crippen LogP) is 3.68. The van der Waals surface area contributed by atoms with Gasteiger partial charge >= 0.3 is 0 Å². The van der Waals surface area contributed by atoms with Crippen LogP contribution in [0.2, 0.25) is 5.02 Å². The van der Waals surface area contributed by atoms with Gasteiger partial charge in [0.2, 0.25) is 0 Å². The zero-order valence-electron chi connectivity index (χ0n) is 10.5. The van der Waals surface area contributed by atoms with E-state index in [1.165, 1.54) is 0 Å². The van der Waals surface area contributed by atoms with Gasteiger partial charge in [-0.3, -0.25) is 0 Å². The minimum atomic E-state index is 0.331. The predicted molar refractivity (Wildman–Crippen MR) is 79.8 cm³/mol. The second-order valence-electron chi connectivity index (χ2n) is 4.66. The van der Waals surface area contributed by atoms with Gasteiger partial charge in [0.25, 0.3) is 0 Å². The maximum atomic E-state index is 6.09. The summed E-state index contributed by atoms with van der Waals surface area (Å²) in [7, 11) is 0. The van der Waals surface area contributed by atoms with Gasteiger partial charge in [-0.2, -0.15) is 0 Å². The Morgan fingerprint density at radius 2 is 2.06 bits per heavy atom. The lowest BCUT2D eigenvalue weighted by atomic mass is 9.98. The van der Waals surface area contributed by atoms with Crippen LogP contribution in [0.25, 0.3) is 0 Å². The van der Waals surface area contributed by atoms with Crippen LogP contribution in [-0.2, 0) is 0 Å². The molecule has 0 fully saturated rings. The summed E-state index contributed by atoms with van der Waals surface area (Å²) in [6, 6.07) is 5.67. The van der Waals surface area contributed by atoms with Gasteiger partial charge in [-0.05, 0) is 30.0 Å². The van der Waals surface area contributed by atoms with Crippen molar-refractivity contribution < 1.29 is 0 Å². The minimum Gasteiger partial charge on any atom is -0.389 e. The molecule has 0 aliphatic heterocycles. The lowest BCUT2D eigenvalue weighted by Crippen LogP contribution is -2.16. The highest BCUT2D eigenvalue weighted by molar-refractivity contribution is 7.80. The van der Waals surface area contributed by atoms with Crippen molar-refractivity contribution in [1.82, 2.24) is 0 Å². The summed E-state index contributed by atoms with van der Waals surface area (Å²) >= 11 is 11.0. The molecule has 1 rings (SSSR count). The third-order valence-corrected chi connectivity index (χ3v) is 3.53. The molecule has 0 bridgehead atoms. The molecule has 1 aromatic carbocycles. The molecule has 0 spiro atoms. The van der Waals surface area contributed by atoms with Gasteiger partial charge in [0.15, 0.2) is 0 Å². The number of hydrogen-bond acceptors (Lipinski definition) is 2. The first-order valence-corrected chi connectivity index (χ1v) is 6.53. The normalized spacial score (nSPS) is 12.5. The van der Waals surface area contributed by atoms with Crippen molar-refractivity contribution in [3.8, 4) is 0 Å². The third-order valence-electron chi connectivity index (χ3n) is 3.00. The molecule has 0 radical (unpaired) electrons. The highest BCUT2D eigenvalue weighted by Gasteiger charge is 2.08. The number of nitrogens with two attached hydrogens (primary N) is 1. The second kappa shape index (κ2) is 6.22. The summed E-state index contributed by atoms with van der Waals surface area (Å²) in [4.78, 5) is 0.331. The molecule has 0 amide bonds. The van der Waals surface area contributed by atoms with Crippen LogP contribution in [0, 0.1) is 11.8 Å². The number of halogens is 1. The van der Waals surface area contributed by atoms with Crippen molar-refractivity contribution in [3.05, 3.63) is 28.8 Å². The summed E-state index contributed by atoms with van der Waals surface area (Å²) in [6.07, 6.45) is 0. The van der Waals surface area contributed by atoms with Crippen molar-refractivity contribution in [2.24, 2.45) is 17.6 Å². The first-order chi connectivity index (χ1) is 7.91. The van der Waals surface area contributed by atoms with E-state index >= 15 is 0 Å². The fourth-order valence-corrected chi connectivity index (χ4v) is 1.86. The molecule has 0 aliphatic carbocycles. The minimum absolute atomic E-state index is 0.331. The van der Waals surface area contributed by atoms with Gasteiger partial charge < -0.3 is 11.1 Å². The van der Waals surface area contributed by atoms with Crippen LogP contribution in [-0.4, -0.2) is 11.5 Å². The summed E-state index contributed by atoms with van der Waals surface area (Å²) < 4.78 is 0. The second-order valence-corrected chi connectivity index (χ2v) is 5.51. The SMILES string of the molecule is CC(C)C(C)CNc1ccc(C(N)=S)c(Cl)c1. The van der Waals surface area contributed by atoms with Gasteiger partial charge in [0.1, 0.15) is 4.99 Å². The third kappa shape index (κ3) is 4.17. The van der Waals surface area contributed by atoms with Crippen LogP contribution < -0.4 is 11.1 Å². The van der Waals surface area contributed by atoms with E-state index in [1.54, 1.807) is 0 Å². The van der Waals surface area contributed by atoms with E-state index < -0.39 is 0 Å². The Balaban J connectivity index is 2.68. The summed E-state index contributed by atoms with van der Waals surface area (Å²) in [5.74, 6) is 1.28. The maximum Gasteiger partial charge on any atom is 0.105 e. The van der Waals surface area contributed by atoms with Crippen molar-refractivity contribution >= 4 is 34.5 Å². The van der Waals surface area contributed by atoms with Crippen LogP contribution in [0.4, 0.5) is 5.69 Å². The summed E-state index contributed by atoms with van der Waals surface area (Å²) in [5, 5.41) is 3.96. The van der Waals surface area contributed by atoms with Crippen LogP contribution >= 0.6 is 23.8 Å². The van der Waals surface area contributed by atoms with E-state index in [2.05, 4.69) is 26.1 Å². The number of rotatable bonds is 5. The topological polar surface area (TPSA) is 38.0 Å². The summed E-state index contributed by atoms with van der Waals surface area (Å²) in [6.45, 7) is 7.59. The zero-order valence-corrected chi connectivity index (χ0v) is 12.0. The van der Waals surface area contributed by atoms with Crippen molar-refractivity contribution in [2.75, 3.05) is 11.9 Å². The first kappa shape index (κ1) is 14.3. The average Bonchev–Trinajstić information content (AvgIpc) is 2.25. The molecule has 2 nitrogen and oxygen atoms in total. The van der Waals surface area contributed by atoms with Crippen LogP contribution in [0.5, 0.6) is 0 Å². The van der Waals surface area contributed by atoms with Gasteiger partial charge in [-0.1, -0.05) is 44.6 Å². The number of benzene rings is 1. The molecule has 17 heavy (non-hydrogen) atoms. The maximum absolute atomic E-state index is 6.09. The lowest BCUT2D eigenvalue weighted by Gasteiger charge is -2.17. The molecule has 0 saturated carbocycles. The molecular weight excluding hydrogens is 252 g/mol. The van der Waals surface area contributed by atoms with E-state index in [1.807, 2.05) is 18.2 Å². The molecule has 0 saturated heterocycles. The van der Waals surface area contributed by atoms with Gasteiger partial charge in [0.05, 0.1) is 5.02 Å². The molecule has 1 aromatic rings. The Morgan fingerprint density at radius 1 is 1.41 bits per heavy atom. The molecule has 0 heterocycles. The number of thiocarbonyl (C=S) groups is 1. The molecule has 94 valence electrons. The van der Waals surface area contributed by atoms with Crippen LogP contribution in [0.1, 0.15) is 26.3 Å². The highest BCUT2D eigenvalue weighted by atomic mass is 35.5. The van der Waals surface area contributed by atoms with E-state index in [4.69, 9.17) is 29.6 Å². The highest BCUT2D eigenvalue weighted by Crippen LogP contribution is 2.21.